The number of rotatable bonds is 9. The maximum Gasteiger partial charge on any atom is 0.243 e. The summed E-state index contributed by atoms with van der Waals surface area (Å²) in [4.78, 5) is 26.6. The number of nitrogens with one attached hydrogen (secondary N) is 2. The van der Waals surface area contributed by atoms with E-state index in [1.807, 2.05) is 26.0 Å². The summed E-state index contributed by atoms with van der Waals surface area (Å²) in [5.41, 5.74) is 0.562. The molecule has 1 unspecified atom stereocenters. The summed E-state index contributed by atoms with van der Waals surface area (Å²) in [7, 11) is 4.68. The van der Waals surface area contributed by atoms with Crippen LogP contribution in [0.2, 0.25) is 0 Å². The third-order valence-corrected chi connectivity index (χ3v) is 7.95. The van der Waals surface area contributed by atoms with Gasteiger partial charge in [-0.15, -0.1) is 0 Å². The number of carbonyl (C=O) groups excluding carboxylic acids is 2. The van der Waals surface area contributed by atoms with Gasteiger partial charge in [0.25, 0.3) is 0 Å². The SMILES string of the molecule is COc1cc(CNC(=O)C(NC(=O)C23CC4CC(CC(C4)C2)C3)C(C)C)cc(OC)c1OC. The summed E-state index contributed by atoms with van der Waals surface area (Å²) in [6.07, 6.45) is 6.83. The topological polar surface area (TPSA) is 85.9 Å². The number of hydrogen-bond donors (Lipinski definition) is 2. The molecule has 4 fully saturated rings. The summed E-state index contributed by atoms with van der Waals surface area (Å²) >= 11 is 0. The van der Waals surface area contributed by atoms with E-state index >= 15 is 0 Å². The molecule has 182 valence electrons. The zero-order valence-electron chi connectivity index (χ0n) is 20.5. The highest BCUT2D eigenvalue weighted by molar-refractivity contribution is 5.90. The summed E-state index contributed by atoms with van der Waals surface area (Å²) < 4.78 is 16.2. The fourth-order valence-electron chi connectivity index (χ4n) is 6.75. The minimum atomic E-state index is -0.562. The molecule has 0 radical (unpaired) electrons. The Morgan fingerprint density at radius 3 is 1.88 bits per heavy atom. The van der Waals surface area contributed by atoms with E-state index in [1.165, 1.54) is 19.3 Å². The van der Waals surface area contributed by atoms with Crippen LogP contribution in [0.1, 0.15) is 57.9 Å². The maximum atomic E-state index is 13.5. The van der Waals surface area contributed by atoms with Crippen molar-refractivity contribution >= 4 is 11.8 Å². The van der Waals surface area contributed by atoms with Gasteiger partial charge in [-0.3, -0.25) is 9.59 Å². The fourth-order valence-corrected chi connectivity index (χ4v) is 6.75. The molecule has 0 spiro atoms. The van der Waals surface area contributed by atoms with Gasteiger partial charge in [0, 0.05) is 12.0 Å². The Hall–Kier alpha value is -2.44. The lowest BCUT2D eigenvalue weighted by atomic mass is 9.49. The van der Waals surface area contributed by atoms with Gasteiger partial charge in [-0.2, -0.15) is 0 Å². The van der Waals surface area contributed by atoms with Crippen LogP contribution in [-0.4, -0.2) is 39.2 Å². The molecular weight excluding hydrogens is 420 g/mol. The molecule has 5 rings (SSSR count). The Labute approximate surface area is 196 Å². The fraction of sp³-hybridized carbons (Fsp3) is 0.692. The first-order chi connectivity index (χ1) is 15.8. The Balaban J connectivity index is 1.43. The number of carbonyl (C=O) groups is 2. The molecule has 7 nitrogen and oxygen atoms in total. The van der Waals surface area contributed by atoms with Crippen LogP contribution in [0, 0.1) is 29.1 Å². The zero-order valence-corrected chi connectivity index (χ0v) is 20.5. The van der Waals surface area contributed by atoms with E-state index in [1.54, 1.807) is 21.3 Å². The van der Waals surface area contributed by atoms with Gasteiger partial charge in [0.1, 0.15) is 6.04 Å². The maximum absolute atomic E-state index is 13.5. The summed E-state index contributed by atoms with van der Waals surface area (Å²) in [5, 5.41) is 6.15. The lowest BCUT2D eigenvalue weighted by Gasteiger charge is -2.55. The second-order valence-corrected chi connectivity index (χ2v) is 10.6. The minimum absolute atomic E-state index is 0.0113. The molecule has 0 aromatic heterocycles. The van der Waals surface area contributed by atoms with Crippen LogP contribution in [0.15, 0.2) is 12.1 Å². The third-order valence-electron chi connectivity index (χ3n) is 7.95. The average Bonchev–Trinajstić information content (AvgIpc) is 2.78. The van der Waals surface area contributed by atoms with Gasteiger partial charge in [0.05, 0.1) is 21.3 Å². The van der Waals surface area contributed by atoms with E-state index in [0.717, 1.165) is 24.8 Å². The second-order valence-electron chi connectivity index (χ2n) is 10.6. The molecule has 1 aromatic carbocycles. The smallest absolute Gasteiger partial charge is 0.243 e. The highest BCUT2D eigenvalue weighted by atomic mass is 16.5. The molecule has 0 saturated heterocycles. The van der Waals surface area contributed by atoms with Crippen LogP contribution in [0.5, 0.6) is 17.2 Å². The van der Waals surface area contributed by atoms with Crippen molar-refractivity contribution < 1.29 is 23.8 Å². The number of hydrogen-bond acceptors (Lipinski definition) is 5. The highest BCUT2D eigenvalue weighted by Gasteiger charge is 2.55. The van der Waals surface area contributed by atoms with E-state index in [4.69, 9.17) is 14.2 Å². The summed E-state index contributed by atoms with van der Waals surface area (Å²) in [5.74, 6) is 3.56. The van der Waals surface area contributed by atoms with E-state index < -0.39 is 6.04 Å². The van der Waals surface area contributed by atoms with Crippen molar-refractivity contribution in [1.29, 1.82) is 0 Å². The molecule has 1 aromatic rings. The minimum Gasteiger partial charge on any atom is -0.493 e. The van der Waals surface area contributed by atoms with Gasteiger partial charge in [0.2, 0.25) is 17.6 Å². The zero-order chi connectivity index (χ0) is 23.8. The molecule has 7 heteroatoms. The van der Waals surface area contributed by atoms with Crippen LogP contribution in [0.4, 0.5) is 0 Å². The monoisotopic (exact) mass is 458 g/mol. The Morgan fingerprint density at radius 2 is 1.45 bits per heavy atom. The molecule has 4 bridgehead atoms. The third kappa shape index (κ3) is 4.64. The predicted molar refractivity (Wildman–Crippen MR) is 125 cm³/mol. The quantitative estimate of drug-likeness (QED) is 0.590. The Morgan fingerprint density at radius 1 is 0.939 bits per heavy atom. The van der Waals surface area contributed by atoms with Gasteiger partial charge < -0.3 is 24.8 Å². The van der Waals surface area contributed by atoms with Gasteiger partial charge in [-0.1, -0.05) is 13.8 Å². The summed E-state index contributed by atoms with van der Waals surface area (Å²) in [6, 6.07) is 3.08. The molecule has 2 amide bonds. The first kappa shape index (κ1) is 23.7. The first-order valence-electron chi connectivity index (χ1n) is 12.2. The molecule has 0 heterocycles. The van der Waals surface area contributed by atoms with Gasteiger partial charge in [-0.25, -0.2) is 0 Å². The highest BCUT2D eigenvalue weighted by Crippen LogP contribution is 2.60. The van der Waals surface area contributed by atoms with Crippen LogP contribution in [0.25, 0.3) is 0 Å². The van der Waals surface area contributed by atoms with Crippen LogP contribution in [0.3, 0.4) is 0 Å². The van der Waals surface area contributed by atoms with Crippen molar-refractivity contribution in [2.45, 2.75) is 65.0 Å². The number of benzene rings is 1. The van der Waals surface area contributed by atoms with E-state index in [-0.39, 0.29) is 23.1 Å². The number of methoxy groups -OCH3 is 3. The van der Waals surface area contributed by atoms with Crippen LogP contribution in [-0.2, 0) is 16.1 Å². The number of ether oxygens (including phenoxy) is 3. The second kappa shape index (κ2) is 9.43. The average molecular weight is 459 g/mol. The van der Waals surface area contributed by atoms with E-state index in [0.29, 0.717) is 41.5 Å². The van der Waals surface area contributed by atoms with Gasteiger partial charge in [-0.05, 0) is 79.9 Å². The van der Waals surface area contributed by atoms with Crippen molar-refractivity contribution in [3.05, 3.63) is 17.7 Å². The molecule has 4 aliphatic rings. The Bertz CT molecular complexity index is 836. The molecule has 2 N–H and O–H groups in total. The van der Waals surface area contributed by atoms with Crippen molar-refractivity contribution in [2.75, 3.05) is 21.3 Å². The molecule has 1 atom stereocenters. The van der Waals surface area contributed by atoms with Crippen molar-refractivity contribution in [3.8, 4) is 17.2 Å². The van der Waals surface area contributed by atoms with Gasteiger partial charge >= 0.3 is 0 Å². The van der Waals surface area contributed by atoms with Crippen molar-refractivity contribution in [1.82, 2.24) is 10.6 Å². The molecular formula is C26H38N2O5. The van der Waals surface area contributed by atoms with Crippen molar-refractivity contribution in [3.63, 3.8) is 0 Å². The standard InChI is InChI=1S/C26H38N2O5/c1-15(2)22(28-25(30)26-11-16-6-17(12-26)8-18(7-16)13-26)24(29)27-14-19-9-20(31-3)23(33-5)21(10-19)32-4/h9-10,15-18,22H,6-8,11-14H2,1-5H3,(H,27,29)(H,28,30). The normalized spacial score (nSPS) is 28.4. The molecule has 4 saturated carbocycles. The van der Waals surface area contributed by atoms with Crippen LogP contribution < -0.4 is 24.8 Å². The van der Waals surface area contributed by atoms with Crippen LogP contribution >= 0.6 is 0 Å². The first-order valence-corrected chi connectivity index (χ1v) is 12.2. The van der Waals surface area contributed by atoms with E-state index in [9.17, 15) is 9.59 Å². The largest absolute Gasteiger partial charge is 0.493 e. The lowest BCUT2D eigenvalue weighted by Crippen LogP contribution is -2.58. The summed E-state index contributed by atoms with van der Waals surface area (Å²) in [6.45, 7) is 4.25. The molecule has 33 heavy (non-hydrogen) atoms. The Kier molecular flexibility index (Phi) is 6.78. The lowest BCUT2D eigenvalue weighted by molar-refractivity contribution is -0.149. The van der Waals surface area contributed by atoms with Crippen molar-refractivity contribution in [2.24, 2.45) is 29.1 Å². The van der Waals surface area contributed by atoms with E-state index in [2.05, 4.69) is 10.6 Å². The molecule has 0 aliphatic heterocycles. The van der Waals surface area contributed by atoms with Gasteiger partial charge in [0.15, 0.2) is 11.5 Å². The number of amides is 2. The predicted octanol–water partition coefficient (Wildman–Crippen LogP) is 3.69. The molecule has 4 aliphatic carbocycles.